The van der Waals surface area contributed by atoms with E-state index in [0.29, 0.717) is 5.76 Å². The van der Waals surface area contributed by atoms with Gasteiger partial charge in [-0.2, -0.15) is 0 Å². The summed E-state index contributed by atoms with van der Waals surface area (Å²) in [5, 5.41) is 19.3. The first-order chi connectivity index (χ1) is 7.90. The van der Waals surface area contributed by atoms with Crippen LogP contribution in [0.5, 0.6) is 0 Å². The molecule has 1 aromatic heterocycles. The zero-order chi connectivity index (χ0) is 13.0. The maximum absolute atomic E-state index is 11.5. The number of aliphatic carboxylic acids is 2. The molecule has 1 heterocycles. The molecule has 0 saturated heterocycles. The van der Waals surface area contributed by atoms with E-state index in [1.54, 1.807) is 13.0 Å². The minimum Gasteiger partial charge on any atom is -0.481 e. The molecule has 17 heavy (non-hydrogen) atoms. The number of rotatable bonds is 5. The maximum Gasteiger partial charge on any atom is 0.326 e. The minimum atomic E-state index is -1.48. The van der Waals surface area contributed by atoms with Crippen LogP contribution in [0.2, 0.25) is 0 Å². The van der Waals surface area contributed by atoms with Crippen molar-refractivity contribution in [1.82, 2.24) is 5.32 Å². The third kappa shape index (κ3) is 3.63. The van der Waals surface area contributed by atoms with Crippen LogP contribution in [0.25, 0.3) is 0 Å². The monoisotopic (exact) mass is 241 g/mol. The van der Waals surface area contributed by atoms with Gasteiger partial charge in [-0.05, 0) is 19.1 Å². The number of carboxylic acids is 2. The first kappa shape index (κ1) is 12.8. The fourth-order valence-electron chi connectivity index (χ4n) is 1.16. The third-order valence-electron chi connectivity index (χ3n) is 1.95. The van der Waals surface area contributed by atoms with Crippen molar-refractivity contribution in [3.8, 4) is 0 Å². The number of hydrogen-bond donors (Lipinski definition) is 3. The van der Waals surface area contributed by atoms with Crippen molar-refractivity contribution >= 4 is 17.8 Å². The molecule has 0 aliphatic carbocycles. The quantitative estimate of drug-likeness (QED) is 0.680. The van der Waals surface area contributed by atoms with E-state index in [4.69, 9.17) is 14.6 Å². The van der Waals surface area contributed by atoms with Crippen LogP contribution in [0.3, 0.4) is 0 Å². The molecular weight excluding hydrogens is 230 g/mol. The molecule has 3 N–H and O–H groups in total. The first-order valence-electron chi connectivity index (χ1n) is 4.72. The van der Waals surface area contributed by atoms with E-state index < -0.39 is 30.3 Å². The number of furan rings is 1. The van der Waals surface area contributed by atoms with Crippen molar-refractivity contribution in [2.45, 2.75) is 19.4 Å². The van der Waals surface area contributed by atoms with Gasteiger partial charge in [0.15, 0.2) is 5.76 Å². The van der Waals surface area contributed by atoms with Crippen molar-refractivity contribution in [3.63, 3.8) is 0 Å². The number of hydrogen-bond acceptors (Lipinski definition) is 4. The molecule has 0 radical (unpaired) electrons. The lowest BCUT2D eigenvalue weighted by Crippen LogP contribution is -2.42. The second-order valence-corrected chi connectivity index (χ2v) is 3.37. The summed E-state index contributed by atoms with van der Waals surface area (Å²) in [4.78, 5) is 32.6. The fraction of sp³-hybridized carbons (Fsp3) is 0.300. The standard InChI is InChI=1S/C10H11NO6/c1-5-2-3-7(17-5)9(14)11-6(10(15)16)4-8(12)13/h2-3,6H,4H2,1H3,(H,11,14)(H,12,13)(H,15,16)/t6-/m1/s1. The Labute approximate surface area is 96.0 Å². The minimum absolute atomic E-state index is 0.0564. The molecule has 0 spiro atoms. The van der Waals surface area contributed by atoms with E-state index in [-0.39, 0.29) is 5.76 Å². The molecule has 1 rings (SSSR count). The van der Waals surface area contributed by atoms with Gasteiger partial charge in [-0.1, -0.05) is 0 Å². The van der Waals surface area contributed by atoms with Crippen molar-refractivity contribution in [2.75, 3.05) is 0 Å². The highest BCUT2D eigenvalue weighted by Gasteiger charge is 2.24. The van der Waals surface area contributed by atoms with E-state index in [1.807, 2.05) is 0 Å². The van der Waals surface area contributed by atoms with Gasteiger partial charge in [0.2, 0.25) is 0 Å². The van der Waals surface area contributed by atoms with Crippen LogP contribution in [-0.2, 0) is 9.59 Å². The van der Waals surface area contributed by atoms with Gasteiger partial charge in [0.1, 0.15) is 11.8 Å². The number of carbonyl (C=O) groups is 3. The predicted molar refractivity (Wildman–Crippen MR) is 54.6 cm³/mol. The van der Waals surface area contributed by atoms with Gasteiger partial charge in [0, 0.05) is 0 Å². The number of amides is 1. The fourth-order valence-corrected chi connectivity index (χ4v) is 1.16. The SMILES string of the molecule is Cc1ccc(C(=O)N[C@H](CC(=O)O)C(=O)O)o1. The molecule has 1 aromatic rings. The number of carbonyl (C=O) groups excluding carboxylic acids is 1. The molecule has 7 nitrogen and oxygen atoms in total. The zero-order valence-electron chi connectivity index (χ0n) is 8.97. The first-order valence-corrected chi connectivity index (χ1v) is 4.72. The molecule has 0 aromatic carbocycles. The molecular formula is C10H11NO6. The van der Waals surface area contributed by atoms with E-state index in [9.17, 15) is 14.4 Å². The van der Waals surface area contributed by atoms with Crippen LogP contribution in [0.4, 0.5) is 0 Å². The van der Waals surface area contributed by atoms with Gasteiger partial charge in [0.05, 0.1) is 6.42 Å². The lowest BCUT2D eigenvalue weighted by atomic mass is 10.2. The summed E-state index contributed by atoms with van der Waals surface area (Å²) in [5.74, 6) is -3.04. The molecule has 0 saturated carbocycles. The Balaban J connectivity index is 2.70. The average molecular weight is 241 g/mol. The Morgan fingerprint density at radius 2 is 2.00 bits per heavy atom. The zero-order valence-corrected chi connectivity index (χ0v) is 8.97. The van der Waals surface area contributed by atoms with E-state index in [1.165, 1.54) is 6.07 Å². The van der Waals surface area contributed by atoms with E-state index >= 15 is 0 Å². The van der Waals surface area contributed by atoms with Crippen LogP contribution in [0.1, 0.15) is 22.7 Å². The Morgan fingerprint density at radius 1 is 1.35 bits per heavy atom. The molecule has 7 heteroatoms. The molecule has 0 aliphatic rings. The van der Waals surface area contributed by atoms with E-state index in [0.717, 1.165) is 0 Å². The second kappa shape index (κ2) is 5.15. The summed E-state index contributed by atoms with van der Waals surface area (Å²) >= 11 is 0. The van der Waals surface area contributed by atoms with Gasteiger partial charge in [-0.25, -0.2) is 4.79 Å². The molecule has 0 fully saturated rings. The number of aryl methyl sites for hydroxylation is 1. The highest BCUT2D eigenvalue weighted by atomic mass is 16.4. The van der Waals surface area contributed by atoms with Crippen LogP contribution in [-0.4, -0.2) is 34.1 Å². The van der Waals surface area contributed by atoms with Crippen molar-refractivity contribution < 1.29 is 29.0 Å². The van der Waals surface area contributed by atoms with Crippen molar-refractivity contribution in [2.24, 2.45) is 0 Å². The average Bonchev–Trinajstić information content (AvgIpc) is 2.63. The molecule has 0 unspecified atom stereocenters. The number of nitrogens with one attached hydrogen (secondary N) is 1. The van der Waals surface area contributed by atoms with Gasteiger partial charge >= 0.3 is 11.9 Å². The summed E-state index contributed by atoms with van der Waals surface area (Å²) in [6.07, 6.45) is -0.694. The topological polar surface area (TPSA) is 117 Å². The van der Waals surface area contributed by atoms with Crippen LogP contribution >= 0.6 is 0 Å². The highest BCUT2D eigenvalue weighted by molar-refractivity contribution is 5.95. The largest absolute Gasteiger partial charge is 0.481 e. The number of carboxylic acid groups (broad SMARTS) is 2. The van der Waals surface area contributed by atoms with Gasteiger partial charge in [-0.3, -0.25) is 9.59 Å². The lowest BCUT2D eigenvalue weighted by molar-refractivity contribution is -0.145. The van der Waals surface area contributed by atoms with Gasteiger partial charge in [0.25, 0.3) is 5.91 Å². The van der Waals surface area contributed by atoms with Gasteiger partial charge < -0.3 is 19.9 Å². The maximum atomic E-state index is 11.5. The molecule has 1 amide bonds. The normalized spacial score (nSPS) is 11.8. The van der Waals surface area contributed by atoms with Gasteiger partial charge in [-0.15, -0.1) is 0 Å². The Bertz CT molecular complexity index is 449. The summed E-state index contributed by atoms with van der Waals surface area (Å²) < 4.78 is 4.98. The van der Waals surface area contributed by atoms with E-state index in [2.05, 4.69) is 5.32 Å². The second-order valence-electron chi connectivity index (χ2n) is 3.37. The summed E-state index contributed by atoms with van der Waals surface area (Å²) in [6, 6.07) is 1.44. The van der Waals surface area contributed by atoms with Crippen molar-refractivity contribution in [3.05, 3.63) is 23.7 Å². The Morgan fingerprint density at radius 3 is 2.41 bits per heavy atom. The molecule has 0 aliphatic heterocycles. The lowest BCUT2D eigenvalue weighted by Gasteiger charge is -2.10. The molecule has 92 valence electrons. The van der Waals surface area contributed by atoms with Crippen LogP contribution in [0, 0.1) is 6.92 Å². The smallest absolute Gasteiger partial charge is 0.326 e. The predicted octanol–water partition coefficient (Wildman–Crippen LogP) is 0.246. The third-order valence-corrected chi connectivity index (χ3v) is 1.95. The van der Waals surface area contributed by atoms with Crippen LogP contribution in [0.15, 0.2) is 16.5 Å². The molecule has 1 atom stereocenters. The molecule has 0 bridgehead atoms. The summed E-state index contributed by atoms with van der Waals surface area (Å²) in [6.45, 7) is 1.63. The summed E-state index contributed by atoms with van der Waals surface area (Å²) in [7, 11) is 0. The highest BCUT2D eigenvalue weighted by Crippen LogP contribution is 2.06. The Hall–Kier alpha value is -2.31. The van der Waals surface area contributed by atoms with Crippen molar-refractivity contribution in [1.29, 1.82) is 0 Å². The summed E-state index contributed by atoms with van der Waals surface area (Å²) in [5.41, 5.74) is 0. The Kier molecular flexibility index (Phi) is 3.86. The van der Waals surface area contributed by atoms with Crippen LogP contribution < -0.4 is 5.32 Å².